The average molecular weight is 527 g/mol. The van der Waals surface area contributed by atoms with Gasteiger partial charge in [-0.15, -0.1) is 0 Å². The topological polar surface area (TPSA) is 65.0 Å². The molecule has 8 nitrogen and oxygen atoms in total. The average Bonchev–Trinajstić information content (AvgIpc) is 3.38. The molecule has 2 atom stereocenters. The second-order valence-electron chi connectivity index (χ2n) is 11.0. The van der Waals surface area contributed by atoms with Gasteiger partial charge in [-0.05, 0) is 57.3 Å². The van der Waals surface area contributed by atoms with Gasteiger partial charge in [0, 0.05) is 61.1 Å². The Labute approximate surface area is 230 Å². The number of ether oxygens (including phenoxy) is 1. The number of piperazine rings is 1. The second kappa shape index (κ2) is 11.2. The van der Waals surface area contributed by atoms with Crippen molar-refractivity contribution >= 4 is 28.6 Å². The lowest BCUT2D eigenvalue weighted by atomic mass is 10.0. The third-order valence-electron chi connectivity index (χ3n) is 8.54. The second-order valence-corrected chi connectivity index (χ2v) is 11.0. The van der Waals surface area contributed by atoms with Crippen LogP contribution in [0.2, 0.25) is 0 Å². The zero-order chi connectivity index (χ0) is 26.8. The van der Waals surface area contributed by atoms with E-state index in [1.807, 2.05) is 6.20 Å². The molecule has 3 aromatic rings. The highest BCUT2D eigenvalue weighted by Gasteiger charge is 2.30. The van der Waals surface area contributed by atoms with Crippen LogP contribution in [0.4, 0.5) is 11.5 Å². The van der Waals surface area contributed by atoms with Crippen molar-refractivity contribution in [2.45, 2.75) is 44.8 Å². The number of allylic oxidation sites excluding steroid dienone is 1. The number of carbonyl (C=O) groups is 1. The number of likely N-dealkylation sites (N-methyl/N-ethyl adjacent to an activating group) is 1. The molecule has 2 aromatic carbocycles. The van der Waals surface area contributed by atoms with Gasteiger partial charge in [0.2, 0.25) is 0 Å². The lowest BCUT2D eigenvalue weighted by Gasteiger charge is -2.41. The molecule has 0 N–H and O–H groups in total. The van der Waals surface area contributed by atoms with E-state index in [-0.39, 0.29) is 6.04 Å². The molecule has 2 saturated heterocycles. The molecule has 0 aliphatic carbocycles. The molecule has 0 bridgehead atoms. The minimum atomic E-state index is 0.271. The van der Waals surface area contributed by atoms with Gasteiger partial charge in [0.05, 0.1) is 12.2 Å². The number of fused-ring (bicyclic) bond motifs is 2. The maximum absolute atomic E-state index is 10.9. The van der Waals surface area contributed by atoms with Crippen LogP contribution in [0.15, 0.2) is 54.7 Å². The van der Waals surface area contributed by atoms with Gasteiger partial charge in [0.25, 0.3) is 0 Å². The van der Waals surface area contributed by atoms with E-state index >= 15 is 0 Å². The summed E-state index contributed by atoms with van der Waals surface area (Å²) >= 11 is 0. The molecule has 6 rings (SSSR count). The molecule has 0 spiro atoms. The summed E-state index contributed by atoms with van der Waals surface area (Å²) in [5.74, 6) is 1.01. The van der Waals surface area contributed by atoms with Crippen molar-refractivity contribution in [3.05, 3.63) is 66.0 Å². The summed E-state index contributed by atoms with van der Waals surface area (Å²) in [6.07, 6.45) is 7.57. The molecule has 4 heterocycles. The van der Waals surface area contributed by atoms with Crippen LogP contribution in [0, 0.1) is 0 Å². The third kappa shape index (κ3) is 5.30. The predicted octanol–water partition coefficient (Wildman–Crippen LogP) is 3.89. The number of likely N-dealkylation sites (tertiary alicyclic amines) is 1. The SMILES string of the molecule is C[C@@H]1CN(c2nc(OC[C@@H]3CCCN3C)nc3c2CCN(c2cccc4ccccc24)C3)CCN1C=CC=O. The summed E-state index contributed by atoms with van der Waals surface area (Å²) in [5, 5.41) is 2.52. The fourth-order valence-electron chi connectivity index (χ4n) is 6.30. The van der Waals surface area contributed by atoms with Gasteiger partial charge >= 0.3 is 6.01 Å². The molecule has 39 heavy (non-hydrogen) atoms. The molecular weight excluding hydrogens is 488 g/mol. The number of hydrogen-bond donors (Lipinski definition) is 0. The number of aromatic nitrogens is 2. The summed E-state index contributed by atoms with van der Waals surface area (Å²) in [7, 11) is 2.17. The zero-order valence-corrected chi connectivity index (χ0v) is 23.0. The smallest absolute Gasteiger partial charge is 0.318 e. The Morgan fingerprint density at radius 3 is 2.72 bits per heavy atom. The van der Waals surface area contributed by atoms with Crippen molar-refractivity contribution < 1.29 is 9.53 Å². The number of carbonyl (C=O) groups excluding carboxylic acids is 1. The monoisotopic (exact) mass is 526 g/mol. The van der Waals surface area contributed by atoms with Crippen LogP contribution in [0.25, 0.3) is 10.8 Å². The van der Waals surface area contributed by atoms with Gasteiger partial charge in [0.1, 0.15) is 18.7 Å². The molecule has 3 aliphatic heterocycles. The summed E-state index contributed by atoms with van der Waals surface area (Å²) in [6.45, 7) is 8.10. The minimum absolute atomic E-state index is 0.271. The summed E-state index contributed by atoms with van der Waals surface area (Å²) in [5.41, 5.74) is 3.55. The number of hydrogen-bond acceptors (Lipinski definition) is 8. The number of nitrogens with zero attached hydrogens (tertiary/aromatic N) is 6. The Morgan fingerprint density at radius 2 is 1.90 bits per heavy atom. The number of rotatable bonds is 7. The summed E-state index contributed by atoms with van der Waals surface area (Å²) < 4.78 is 6.30. The van der Waals surface area contributed by atoms with Crippen molar-refractivity contribution in [1.29, 1.82) is 0 Å². The first kappa shape index (κ1) is 25.6. The number of aldehydes is 1. The first-order valence-corrected chi connectivity index (χ1v) is 14.2. The van der Waals surface area contributed by atoms with E-state index in [2.05, 4.69) is 76.0 Å². The van der Waals surface area contributed by atoms with Gasteiger partial charge in [-0.1, -0.05) is 36.4 Å². The first-order chi connectivity index (χ1) is 19.1. The van der Waals surface area contributed by atoms with Crippen LogP contribution in [-0.2, 0) is 17.8 Å². The molecule has 1 aromatic heterocycles. The first-order valence-electron chi connectivity index (χ1n) is 14.2. The predicted molar refractivity (Wildman–Crippen MR) is 155 cm³/mol. The van der Waals surface area contributed by atoms with E-state index in [0.29, 0.717) is 18.7 Å². The molecule has 8 heteroatoms. The Bertz CT molecular complexity index is 1350. The van der Waals surface area contributed by atoms with Gasteiger partial charge < -0.3 is 24.3 Å². The van der Waals surface area contributed by atoms with Crippen molar-refractivity contribution in [3.8, 4) is 6.01 Å². The largest absolute Gasteiger partial charge is 0.462 e. The Kier molecular flexibility index (Phi) is 7.37. The van der Waals surface area contributed by atoms with E-state index < -0.39 is 0 Å². The zero-order valence-electron chi connectivity index (χ0n) is 23.0. The Hall–Kier alpha value is -3.65. The molecule has 204 valence electrons. The Morgan fingerprint density at radius 1 is 1.03 bits per heavy atom. The van der Waals surface area contributed by atoms with Crippen LogP contribution in [0.3, 0.4) is 0 Å². The van der Waals surface area contributed by atoms with Crippen LogP contribution in [0.5, 0.6) is 6.01 Å². The fraction of sp³-hybridized carbons (Fsp3) is 0.452. The quantitative estimate of drug-likeness (QED) is 0.340. The molecule has 2 fully saturated rings. The summed E-state index contributed by atoms with van der Waals surface area (Å²) in [6, 6.07) is 16.3. The molecule has 0 radical (unpaired) electrons. The number of benzene rings is 2. The van der Waals surface area contributed by atoms with E-state index in [1.54, 1.807) is 6.08 Å². The van der Waals surface area contributed by atoms with Crippen molar-refractivity contribution in [3.63, 3.8) is 0 Å². The minimum Gasteiger partial charge on any atom is -0.462 e. The standard InChI is InChI=1S/C31H38N6O2/c1-23-20-37(18-17-35(23)15-7-19-38)30-27-13-16-36(29-12-5-9-24-8-3-4-11-26(24)29)21-28(27)32-31(33-30)39-22-25-10-6-14-34(25)2/h3-5,7-9,11-12,15,19,23,25H,6,10,13-14,16-18,20-22H2,1-2H3/t23-,25+/m1/s1. The van der Waals surface area contributed by atoms with E-state index in [0.717, 1.165) is 69.9 Å². The van der Waals surface area contributed by atoms with E-state index in [9.17, 15) is 4.79 Å². The van der Waals surface area contributed by atoms with Crippen LogP contribution in [0.1, 0.15) is 31.0 Å². The van der Waals surface area contributed by atoms with Crippen LogP contribution < -0.4 is 14.5 Å². The Balaban J connectivity index is 1.30. The maximum atomic E-state index is 10.9. The van der Waals surface area contributed by atoms with Gasteiger partial charge in [-0.25, -0.2) is 0 Å². The maximum Gasteiger partial charge on any atom is 0.318 e. The van der Waals surface area contributed by atoms with Crippen molar-refractivity contribution in [1.82, 2.24) is 19.8 Å². The molecule has 3 aliphatic rings. The molecule has 0 unspecified atom stereocenters. The number of anilines is 2. The fourth-order valence-corrected chi connectivity index (χ4v) is 6.30. The molecule has 0 saturated carbocycles. The molecular formula is C31H38N6O2. The van der Waals surface area contributed by atoms with Crippen molar-refractivity contribution in [2.24, 2.45) is 0 Å². The molecule has 0 amide bonds. The highest BCUT2D eigenvalue weighted by atomic mass is 16.5. The van der Waals surface area contributed by atoms with Crippen LogP contribution >= 0.6 is 0 Å². The third-order valence-corrected chi connectivity index (χ3v) is 8.54. The lowest BCUT2D eigenvalue weighted by Crippen LogP contribution is -2.50. The van der Waals surface area contributed by atoms with Crippen molar-refractivity contribution in [2.75, 3.05) is 56.2 Å². The highest BCUT2D eigenvalue weighted by molar-refractivity contribution is 5.94. The van der Waals surface area contributed by atoms with E-state index in [1.165, 1.54) is 28.4 Å². The van der Waals surface area contributed by atoms with Gasteiger partial charge in [0.15, 0.2) is 0 Å². The van der Waals surface area contributed by atoms with Gasteiger partial charge in [-0.3, -0.25) is 4.79 Å². The van der Waals surface area contributed by atoms with Crippen LogP contribution in [-0.4, -0.2) is 84.5 Å². The normalized spacial score (nSPS) is 22.1. The van der Waals surface area contributed by atoms with Gasteiger partial charge in [-0.2, -0.15) is 9.97 Å². The van der Waals surface area contributed by atoms with E-state index in [4.69, 9.17) is 14.7 Å². The summed E-state index contributed by atoms with van der Waals surface area (Å²) in [4.78, 5) is 30.3. The lowest BCUT2D eigenvalue weighted by molar-refractivity contribution is -0.104. The highest BCUT2D eigenvalue weighted by Crippen LogP contribution is 2.34.